The van der Waals surface area contributed by atoms with Gasteiger partial charge in [0, 0.05) is 11.7 Å². The Labute approximate surface area is 138 Å². The number of hydrogen-bond donors (Lipinski definition) is 1. The summed E-state index contributed by atoms with van der Waals surface area (Å²) in [5.41, 5.74) is 4.63. The van der Waals surface area contributed by atoms with Crippen molar-refractivity contribution < 1.29 is 4.79 Å². The van der Waals surface area contributed by atoms with Gasteiger partial charge in [-0.15, -0.1) is 0 Å². The maximum atomic E-state index is 12.4. The predicted octanol–water partition coefficient (Wildman–Crippen LogP) is 4.08. The number of anilines is 1. The summed E-state index contributed by atoms with van der Waals surface area (Å²) in [4.78, 5) is 14.7. The molecule has 1 aliphatic heterocycles. The quantitative estimate of drug-likeness (QED) is 0.923. The van der Waals surface area contributed by atoms with Crippen molar-refractivity contribution in [3.63, 3.8) is 0 Å². The average molecular weight is 308 g/mol. The Morgan fingerprint density at radius 3 is 2.65 bits per heavy atom. The summed E-state index contributed by atoms with van der Waals surface area (Å²) in [7, 11) is 0. The van der Waals surface area contributed by atoms with Crippen LogP contribution >= 0.6 is 0 Å². The maximum Gasteiger partial charge on any atom is 0.238 e. The van der Waals surface area contributed by atoms with Crippen LogP contribution < -0.4 is 5.32 Å². The van der Waals surface area contributed by atoms with Gasteiger partial charge in [-0.05, 0) is 62.1 Å². The lowest BCUT2D eigenvalue weighted by atomic mass is 10.0. The molecule has 1 unspecified atom stereocenters. The molecular formula is C20H24N2O. The summed E-state index contributed by atoms with van der Waals surface area (Å²) in [5, 5.41) is 3.03. The molecule has 1 fully saturated rings. The fraction of sp³-hybridized carbons (Fsp3) is 0.350. The number of hydrogen-bond acceptors (Lipinski definition) is 2. The van der Waals surface area contributed by atoms with E-state index in [0.29, 0.717) is 12.6 Å². The Morgan fingerprint density at radius 2 is 1.91 bits per heavy atom. The number of likely N-dealkylation sites (tertiary alicyclic amines) is 1. The molecule has 1 saturated heterocycles. The second kappa shape index (κ2) is 6.97. The van der Waals surface area contributed by atoms with Crippen LogP contribution in [-0.2, 0) is 4.79 Å². The van der Waals surface area contributed by atoms with Crippen molar-refractivity contribution in [1.82, 2.24) is 4.90 Å². The second-order valence-electron chi connectivity index (χ2n) is 6.39. The van der Waals surface area contributed by atoms with Gasteiger partial charge in [-0.25, -0.2) is 0 Å². The highest BCUT2D eigenvalue weighted by atomic mass is 16.2. The first-order chi connectivity index (χ1) is 11.1. The molecule has 1 atom stereocenters. The van der Waals surface area contributed by atoms with Gasteiger partial charge in [0.1, 0.15) is 0 Å². The Hall–Kier alpha value is -2.13. The van der Waals surface area contributed by atoms with Gasteiger partial charge >= 0.3 is 0 Å². The van der Waals surface area contributed by atoms with Crippen LogP contribution in [-0.4, -0.2) is 23.9 Å². The monoisotopic (exact) mass is 308 g/mol. The van der Waals surface area contributed by atoms with Crippen LogP contribution in [0.25, 0.3) is 0 Å². The maximum absolute atomic E-state index is 12.4. The van der Waals surface area contributed by atoms with E-state index in [4.69, 9.17) is 0 Å². The van der Waals surface area contributed by atoms with Crippen molar-refractivity contribution in [1.29, 1.82) is 0 Å². The molecular weight excluding hydrogens is 284 g/mol. The fourth-order valence-electron chi connectivity index (χ4n) is 3.27. The molecule has 1 aliphatic rings. The van der Waals surface area contributed by atoms with Gasteiger partial charge in [0.25, 0.3) is 0 Å². The van der Waals surface area contributed by atoms with E-state index in [2.05, 4.69) is 48.3 Å². The minimum Gasteiger partial charge on any atom is -0.325 e. The number of aryl methyl sites for hydroxylation is 2. The highest BCUT2D eigenvalue weighted by Gasteiger charge is 2.27. The molecule has 2 aromatic carbocycles. The number of amides is 1. The van der Waals surface area contributed by atoms with Crippen LogP contribution in [0.2, 0.25) is 0 Å². The van der Waals surface area contributed by atoms with E-state index in [1.54, 1.807) is 0 Å². The smallest absolute Gasteiger partial charge is 0.238 e. The van der Waals surface area contributed by atoms with E-state index in [0.717, 1.165) is 25.1 Å². The molecule has 0 aliphatic carbocycles. The highest BCUT2D eigenvalue weighted by molar-refractivity contribution is 5.92. The molecule has 0 spiro atoms. The van der Waals surface area contributed by atoms with Crippen LogP contribution in [0.1, 0.15) is 35.6 Å². The Kier molecular flexibility index (Phi) is 4.77. The second-order valence-corrected chi connectivity index (χ2v) is 6.39. The van der Waals surface area contributed by atoms with E-state index in [-0.39, 0.29) is 5.91 Å². The molecule has 120 valence electrons. The van der Waals surface area contributed by atoms with Gasteiger partial charge < -0.3 is 5.32 Å². The standard InChI is InChI=1S/C20H24N2O/c1-15-10-11-18(13-16(15)2)21-20(23)14-22-12-6-9-19(22)17-7-4-3-5-8-17/h3-5,7-8,10-11,13,19H,6,9,12,14H2,1-2H3,(H,21,23). The summed E-state index contributed by atoms with van der Waals surface area (Å²) in [5.74, 6) is 0.0658. The lowest BCUT2D eigenvalue weighted by Crippen LogP contribution is -2.32. The minimum absolute atomic E-state index is 0.0658. The van der Waals surface area contributed by atoms with Crippen molar-refractivity contribution in [3.05, 3.63) is 65.2 Å². The van der Waals surface area contributed by atoms with Crippen LogP contribution in [0.5, 0.6) is 0 Å². The Bertz CT molecular complexity index is 681. The molecule has 3 nitrogen and oxygen atoms in total. The molecule has 1 heterocycles. The van der Waals surface area contributed by atoms with Gasteiger partial charge in [0.15, 0.2) is 0 Å². The lowest BCUT2D eigenvalue weighted by Gasteiger charge is -2.24. The summed E-state index contributed by atoms with van der Waals surface area (Å²) in [6, 6.07) is 16.9. The number of rotatable bonds is 4. The number of benzene rings is 2. The van der Waals surface area contributed by atoms with Crippen molar-refractivity contribution in [2.24, 2.45) is 0 Å². The molecule has 0 radical (unpaired) electrons. The summed E-state index contributed by atoms with van der Waals surface area (Å²) < 4.78 is 0. The fourth-order valence-corrected chi connectivity index (χ4v) is 3.27. The zero-order chi connectivity index (χ0) is 16.2. The molecule has 0 aromatic heterocycles. The summed E-state index contributed by atoms with van der Waals surface area (Å²) in [6.07, 6.45) is 2.28. The molecule has 0 bridgehead atoms. The number of nitrogens with one attached hydrogen (secondary N) is 1. The predicted molar refractivity (Wildman–Crippen MR) is 94.5 cm³/mol. The molecule has 0 saturated carbocycles. The molecule has 1 amide bonds. The normalized spacial score (nSPS) is 18.1. The highest BCUT2D eigenvalue weighted by Crippen LogP contribution is 2.31. The SMILES string of the molecule is Cc1ccc(NC(=O)CN2CCCC2c2ccccc2)cc1C. The number of carbonyl (C=O) groups is 1. The lowest BCUT2D eigenvalue weighted by molar-refractivity contribution is -0.117. The first-order valence-corrected chi connectivity index (χ1v) is 8.29. The van der Waals surface area contributed by atoms with Gasteiger partial charge in [-0.1, -0.05) is 36.4 Å². The van der Waals surface area contributed by atoms with Gasteiger partial charge in [0.2, 0.25) is 5.91 Å². The zero-order valence-electron chi connectivity index (χ0n) is 13.9. The van der Waals surface area contributed by atoms with Crippen LogP contribution in [0.15, 0.2) is 48.5 Å². The third kappa shape index (κ3) is 3.80. The van der Waals surface area contributed by atoms with Crippen LogP contribution in [0.3, 0.4) is 0 Å². The van der Waals surface area contributed by atoms with Crippen LogP contribution in [0, 0.1) is 13.8 Å². The third-order valence-corrected chi connectivity index (χ3v) is 4.69. The van der Waals surface area contributed by atoms with Crippen LogP contribution in [0.4, 0.5) is 5.69 Å². The first kappa shape index (κ1) is 15.8. The first-order valence-electron chi connectivity index (χ1n) is 8.29. The van der Waals surface area contributed by atoms with E-state index >= 15 is 0 Å². The molecule has 23 heavy (non-hydrogen) atoms. The third-order valence-electron chi connectivity index (χ3n) is 4.69. The molecule has 2 aromatic rings. The molecule has 3 heteroatoms. The topological polar surface area (TPSA) is 32.3 Å². The van der Waals surface area contributed by atoms with E-state index in [1.165, 1.54) is 16.7 Å². The largest absolute Gasteiger partial charge is 0.325 e. The summed E-state index contributed by atoms with van der Waals surface area (Å²) >= 11 is 0. The van der Waals surface area contributed by atoms with Gasteiger partial charge in [-0.2, -0.15) is 0 Å². The number of carbonyl (C=O) groups excluding carboxylic acids is 1. The Balaban J connectivity index is 1.64. The van der Waals surface area contributed by atoms with Crippen molar-refractivity contribution in [3.8, 4) is 0 Å². The van der Waals surface area contributed by atoms with E-state index in [1.807, 2.05) is 24.3 Å². The van der Waals surface area contributed by atoms with Crippen molar-refractivity contribution in [2.45, 2.75) is 32.7 Å². The van der Waals surface area contributed by atoms with Gasteiger partial charge in [-0.3, -0.25) is 9.69 Å². The van der Waals surface area contributed by atoms with Crippen molar-refractivity contribution in [2.75, 3.05) is 18.4 Å². The zero-order valence-corrected chi connectivity index (χ0v) is 13.9. The molecule has 3 rings (SSSR count). The van der Waals surface area contributed by atoms with E-state index in [9.17, 15) is 4.79 Å². The van der Waals surface area contributed by atoms with Gasteiger partial charge in [0.05, 0.1) is 6.54 Å². The van der Waals surface area contributed by atoms with Crippen molar-refractivity contribution >= 4 is 11.6 Å². The minimum atomic E-state index is 0.0658. The Morgan fingerprint density at radius 1 is 1.13 bits per heavy atom. The average Bonchev–Trinajstić information content (AvgIpc) is 3.00. The van der Waals surface area contributed by atoms with E-state index < -0.39 is 0 Å². The summed E-state index contributed by atoms with van der Waals surface area (Å²) in [6.45, 7) is 5.58. The molecule has 1 N–H and O–H groups in total. The number of nitrogens with zero attached hydrogens (tertiary/aromatic N) is 1.